The monoisotopic (exact) mass is 281 g/mol. The number of halogens is 1. The van der Waals surface area contributed by atoms with Gasteiger partial charge in [0.2, 0.25) is 0 Å². The lowest BCUT2D eigenvalue weighted by molar-refractivity contribution is 0.418. The summed E-state index contributed by atoms with van der Waals surface area (Å²) in [6.45, 7) is 3.70. The maximum Gasteiger partial charge on any atom is 0.193 e. The second-order valence-corrected chi connectivity index (χ2v) is 4.56. The number of ether oxygens (including phenoxy) is 1. The number of hydrogen-bond donors (Lipinski definition) is 1. The van der Waals surface area contributed by atoms with E-state index in [-0.39, 0.29) is 5.43 Å². The molecule has 0 saturated heterocycles. The molecule has 1 aromatic carbocycles. The molecule has 16 heavy (non-hydrogen) atoms. The second-order valence-electron chi connectivity index (χ2n) is 3.70. The third-order valence-corrected chi connectivity index (χ3v) is 3.44. The SMILES string of the molecule is COc1ccc(Br)c2c(=O)c(C)c(C)[nH]c12. The van der Waals surface area contributed by atoms with Crippen molar-refractivity contribution >= 4 is 26.8 Å². The van der Waals surface area contributed by atoms with Gasteiger partial charge < -0.3 is 9.72 Å². The number of hydrogen-bond acceptors (Lipinski definition) is 2. The van der Waals surface area contributed by atoms with Crippen LogP contribution in [-0.4, -0.2) is 12.1 Å². The number of fused-ring (bicyclic) bond motifs is 1. The quantitative estimate of drug-likeness (QED) is 0.873. The van der Waals surface area contributed by atoms with Gasteiger partial charge in [-0.05, 0) is 41.9 Å². The Morgan fingerprint density at radius 2 is 2.00 bits per heavy atom. The fourth-order valence-electron chi connectivity index (χ4n) is 1.71. The van der Waals surface area contributed by atoms with E-state index in [1.165, 1.54) is 0 Å². The molecule has 1 N–H and O–H groups in total. The highest BCUT2D eigenvalue weighted by Gasteiger charge is 2.12. The smallest absolute Gasteiger partial charge is 0.193 e. The number of aromatic nitrogens is 1. The van der Waals surface area contributed by atoms with E-state index >= 15 is 0 Å². The number of aromatic amines is 1. The highest BCUT2D eigenvalue weighted by atomic mass is 79.9. The number of nitrogens with one attached hydrogen (secondary N) is 1. The summed E-state index contributed by atoms with van der Waals surface area (Å²) < 4.78 is 6.03. The zero-order chi connectivity index (χ0) is 11.9. The molecule has 1 aromatic heterocycles. The number of aryl methyl sites for hydroxylation is 1. The van der Waals surface area contributed by atoms with Crippen molar-refractivity contribution in [3.63, 3.8) is 0 Å². The molecule has 2 aromatic rings. The van der Waals surface area contributed by atoms with Gasteiger partial charge in [0.05, 0.1) is 18.0 Å². The van der Waals surface area contributed by atoms with Crippen LogP contribution in [0.1, 0.15) is 11.3 Å². The zero-order valence-corrected chi connectivity index (χ0v) is 10.9. The van der Waals surface area contributed by atoms with Gasteiger partial charge >= 0.3 is 0 Å². The first-order valence-corrected chi connectivity index (χ1v) is 5.71. The molecule has 0 aliphatic rings. The summed E-state index contributed by atoms with van der Waals surface area (Å²) in [6.07, 6.45) is 0. The van der Waals surface area contributed by atoms with Gasteiger partial charge in [-0.25, -0.2) is 0 Å². The lowest BCUT2D eigenvalue weighted by Crippen LogP contribution is -2.10. The molecule has 2 rings (SSSR count). The summed E-state index contributed by atoms with van der Waals surface area (Å²) in [5.74, 6) is 0.679. The molecule has 0 amide bonds. The van der Waals surface area contributed by atoms with Crippen LogP contribution in [0.15, 0.2) is 21.4 Å². The highest BCUT2D eigenvalue weighted by Crippen LogP contribution is 2.28. The molecule has 0 fully saturated rings. The molecule has 3 nitrogen and oxygen atoms in total. The molecule has 0 atom stereocenters. The van der Waals surface area contributed by atoms with Gasteiger partial charge in [-0.2, -0.15) is 0 Å². The van der Waals surface area contributed by atoms with E-state index in [4.69, 9.17) is 4.74 Å². The lowest BCUT2D eigenvalue weighted by atomic mass is 10.1. The number of methoxy groups -OCH3 is 1. The Balaban J connectivity index is 3.05. The van der Waals surface area contributed by atoms with Crippen molar-refractivity contribution in [2.75, 3.05) is 7.11 Å². The fraction of sp³-hybridized carbons (Fsp3) is 0.250. The summed E-state index contributed by atoms with van der Waals surface area (Å²) in [6, 6.07) is 3.66. The molecule has 0 spiro atoms. The van der Waals surface area contributed by atoms with Gasteiger partial charge in [-0.15, -0.1) is 0 Å². The molecule has 0 aliphatic heterocycles. The minimum absolute atomic E-state index is 0.0389. The van der Waals surface area contributed by atoms with Crippen LogP contribution >= 0.6 is 15.9 Å². The van der Waals surface area contributed by atoms with E-state index in [1.807, 2.05) is 26.0 Å². The van der Waals surface area contributed by atoms with Crippen molar-refractivity contribution < 1.29 is 4.74 Å². The molecule has 1 heterocycles. The largest absolute Gasteiger partial charge is 0.495 e. The van der Waals surface area contributed by atoms with Gasteiger partial charge in [-0.3, -0.25) is 4.79 Å². The minimum Gasteiger partial charge on any atom is -0.495 e. The van der Waals surface area contributed by atoms with Gasteiger partial charge in [-0.1, -0.05) is 0 Å². The van der Waals surface area contributed by atoms with Gasteiger partial charge in [0, 0.05) is 15.7 Å². The van der Waals surface area contributed by atoms with Crippen molar-refractivity contribution in [2.45, 2.75) is 13.8 Å². The normalized spacial score (nSPS) is 10.8. The highest BCUT2D eigenvalue weighted by molar-refractivity contribution is 9.10. The predicted molar refractivity (Wildman–Crippen MR) is 68.3 cm³/mol. The Labute approximate surface area is 102 Å². The zero-order valence-electron chi connectivity index (χ0n) is 9.35. The molecule has 0 radical (unpaired) electrons. The third-order valence-electron chi connectivity index (χ3n) is 2.78. The van der Waals surface area contributed by atoms with Gasteiger partial charge in [0.1, 0.15) is 5.75 Å². The third kappa shape index (κ3) is 1.53. The Morgan fingerprint density at radius 3 is 2.62 bits per heavy atom. The molecular formula is C12H12BrNO2. The van der Waals surface area contributed by atoms with Crippen molar-refractivity contribution in [3.8, 4) is 5.75 Å². The summed E-state index contributed by atoms with van der Waals surface area (Å²) >= 11 is 3.39. The Kier molecular flexibility index (Phi) is 2.76. The van der Waals surface area contributed by atoms with Crippen LogP contribution in [0, 0.1) is 13.8 Å². The van der Waals surface area contributed by atoms with Crippen molar-refractivity contribution in [3.05, 3.63) is 38.1 Å². The van der Waals surface area contributed by atoms with E-state index in [0.717, 1.165) is 21.2 Å². The average molecular weight is 282 g/mol. The molecule has 0 unspecified atom stereocenters. The number of pyridine rings is 1. The van der Waals surface area contributed by atoms with Crippen LogP contribution in [0.3, 0.4) is 0 Å². The molecular weight excluding hydrogens is 270 g/mol. The van der Waals surface area contributed by atoms with Crippen molar-refractivity contribution in [2.24, 2.45) is 0 Å². The maximum absolute atomic E-state index is 12.1. The average Bonchev–Trinajstić information content (AvgIpc) is 2.26. The first-order chi connectivity index (χ1) is 7.56. The molecule has 0 aliphatic carbocycles. The van der Waals surface area contributed by atoms with Crippen LogP contribution in [0.25, 0.3) is 10.9 Å². The first kappa shape index (κ1) is 11.2. The van der Waals surface area contributed by atoms with Gasteiger partial charge in [0.25, 0.3) is 0 Å². The summed E-state index contributed by atoms with van der Waals surface area (Å²) in [5, 5.41) is 0.641. The lowest BCUT2D eigenvalue weighted by Gasteiger charge is -2.09. The Morgan fingerprint density at radius 1 is 1.31 bits per heavy atom. The number of rotatable bonds is 1. The van der Waals surface area contributed by atoms with Crippen LogP contribution in [0.2, 0.25) is 0 Å². The van der Waals surface area contributed by atoms with Crippen molar-refractivity contribution in [1.82, 2.24) is 4.98 Å². The molecule has 0 bridgehead atoms. The predicted octanol–water partition coefficient (Wildman–Crippen LogP) is 2.92. The Bertz CT molecular complexity index is 616. The molecule has 84 valence electrons. The van der Waals surface area contributed by atoms with Crippen molar-refractivity contribution in [1.29, 1.82) is 0 Å². The van der Waals surface area contributed by atoms with Crippen LogP contribution < -0.4 is 10.2 Å². The van der Waals surface area contributed by atoms with Crippen LogP contribution in [0.4, 0.5) is 0 Å². The number of H-pyrrole nitrogens is 1. The first-order valence-electron chi connectivity index (χ1n) is 4.92. The van der Waals surface area contributed by atoms with E-state index in [2.05, 4.69) is 20.9 Å². The maximum atomic E-state index is 12.1. The van der Waals surface area contributed by atoms with E-state index in [0.29, 0.717) is 11.1 Å². The summed E-state index contributed by atoms with van der Waals surface area (Å²) in [4.78, 5) is 15.3. The summed E-state index contributed by atoms with van der Waals surface area (Å²) in [7, 11) is 1.59. The topological polar surface area (TPSA) is 42.1 Å². The minimum atomic E-state index is 0.0389. The van der Waals surface area contributed by atoms with Crippen LogP contribution in [-0.2, 0) is 0 Å². The Hall–Kier alpha value is -1.29. The molecule has 0 saturated carbocycles. The molecule has 4 heteroatoms. The van der Waals surface area contributed by atoms with Gasteiger partial charge in [0.15, 0.2) is 5.43 Å². The fourth-order valence-corrected chi connectivity index (χ4v) is 2.22. The van der Waals surface area contributed by atoms with E-state index in [9.17, 15) is 4.79 Å². The standard InChI is InChI=1S/C12H12BrNO2/c1-6-7(2)14-11-9(16-3)5-4-8(13)10(11)12(6)15/h4-5H,1-3H3,(H,14,15). The van der Waals surface area contributed by atoms with Crippen LogP contribution in [0.5, 0.6) is 5.75 Å². The number of benzene rings is 1. The van der Waals surface area contributed by atoms with E-state index < -0.39 is 0 Å². The summed E-state index contributed by atoms with van der Waals surface area (Å²) in [5.41, 5.74) is 2.39. The second kappa shape index (κ2) is 3.94. The van der Waals surface area contributed by atoms with E-state index in [1.54, 1.807) is 7.11 Å².